The van der Waals surface area contributed by atoms with Gasteiger partial charge in [-0.15, -0.1) is 0 Å². The molecule has 0 bridgehead atoms. The molecule has 0 saturated carbocycles. The predicted molar refractivity (Wildman–Crippen MR) is 82.3 cm³/mol. The summed E-state index contributed by atoms with van der Waals surface area (Å²) < 4.78 is 1.08. The number of hydrogen-bond donors (Lipinski definition) is 1. The molecule has 0 aliphatic heterocycles. The molecule has 1 rings (SSSR count). The molecule has 6 nitrogen and oxygen atoms in total. The third kappa shape index (κ3) is 4.76. The average molecular weight is 648 g/mol. The Morgan fingerprint density at radius 1 is 1.44 bits per heavy atom. The number of carboxylic acid groups (broad SMARTS) is 1. The Hall–Kier alpha value is 0.298. The minimum Gasteiger partial charge on any atom is -0.480 e. The number of nitrogens with zero attached hydrogens (tertiary/aromatic N) is 2. The van der Waals surface area contributed by atoms with Crippen molar-refractivity contribution in [1.82, 2.24) is 9.55 Å². The number of aliphatic carboxylic acids is 1. The van der Waals surface area contributed by atoms with Gasteiger partial charge in [-0.3, -0.25) is 9.36 Å². The van der Waals surface area contributed by atoms with Gasteiger partial charge in [0.25, 0.3) is 0 Å². The minimum absolute atomic E-state index is 0. The summed E-state index contributed by atoms with van der Waals surface area (Å²) >= 11 is 4.24. The van der Waals surface area contributed by atoms with Crippen LogP contribution in [0.25, 0.3) is 5.73 Å². The van der Waals surface area contributed by atoms with Gasteiger partial charge in [0.2, 0.25) is 5.56 Å². The molecule has 0 aliphatic rings. The van der Waals surface area contributed by atoms with Crippen LogP contribution in [0.2, 0.25) is 0 Å². The zero-order chi connectivity index (χ0) is 13.7. The van der Waals surface area contributed by atoms with Gasteiger partial charge in [-0.25, -0.2) is 4.79 Å². The van der Waals surface area contributed by atoms with E-state index in [4.69, 9.17) is 10.8 Å². The van der Waals surface area contributed by atoms with Gasteiger partial charge in [-0.05, 0) is 26.5 Å². The van der Waals surface area contributed by atoms with E-state index in [2.05, 4.69) is 42.2 Å². The van der Waals surface area contributed by atoms with Gasteiger partial charge in [0.05, 0.1) is 0 Å². The third-order valence-electron chi connectivity index (χ3n) is 2.33. The van der Waals surface area contributed by atoms with E-state index >= 15 is 0 Å². The van der Waals surface area contributed by atoms with Crippen LogP contribution < -0.4 is 5.56 Å². The van der Waals surface area contributed by atoms with E-state index in [-0.39, 0.29) is 21.1 Å². The molecular weight excluding hydrogens is 636 g/mol. The molecule has 0 saturated heterocycles. The fourth-order valence-electron chi connectivity index (χ4n) is 1.31. The Labute approximate surface area is 142 Å². The van der Waals surface area contributed by atoms with Gasteiger partial charge in [-0.1, -0.05) is 0 Å². The van der Waals surface area contributed by atoms with Crippen LogP contribution in [0.15, 0.2) is 4.79 Å². The molecule has 1 aromatic rings. The van der Waals surface area contributed by atoms with Gasteiger partial charge < -0.3 is 15.8 Å². The molecule has 1 heterocycles. The molecule has 0 aliphatic carbocycles. The number of rotatable bonds is 2. The molecule has 1 aromatic heterocycles. The first-order valence-electron chi connectivity index (χ1n) is 4.54. The number of carboxylic acids is 1. The van der Waals surface area contributed by atoms with E-state index in [1.54, 1.807) is 13.8 Å². The summed E-state index contributed by atoms with van der Waals surface area (Å²) in [6.45, 7) is 4.65. The van der Waals surface area contributed by atoms with E-state index in [0.29, 0.717) is 11.4 Å². The Balaban J connectivity index is 0. The van der Waals surface area contributed by atoms with Crippen LogP contribution in [-0.4, -0.2) is 20.6 Å². The number of carbonyl (C=O) groups is 1. The molecule has 1 unspecified atom stereocenters. The van der Waals surface area contributed by atoms with Crippen LogP contribution in [-0.2, 0) is 25.9 Å². The molecule has 1 atom stereocenters. The molecule has 0 aromatic carbocycles. The summed E-state index contributed by atoms with van der Waals surface area (Å²) in [7, 11) is 0. The number of hydrogen-bond acceptors (Lipinski definition) is 3. The maximum atomic E-state index is 11.5. The first kappa shape index (κ1) is 20.6. The zero-order valence-electron chi connectivity index (χ0n) is 9.90. The van der Waals surface area contributed by atoms with Crippen molar-refractivity contribution in [2.45, 2.75) is 26.8 Å². The standard InChI is InChI=1S/C9H13N3O3.I2.W/c1-4-5(2)12(6(3)9(14)15)8(13)7(10)11-4;1-2;/h6H,1-3H3,(H3,10,11,14,15);;/p-1. The van der Waals surface area contributed by atoms with Gasteiger partial charge >= 0.3 is 5.97 Å². The van der Waals surface area contributed by atoms with Crippen LogP contribution in [0.5, 0.6) is 0 Å². The van der Waals surface area contributed by atoms with Crippen molar-refractivity contribution in [2.24, 2.45) is 0 Å². The Morgan fingerprint density at radius 2 is 1.89 bits per heavy atom. The zero-order valence-corrected chi connectivity index (χ0v) is 17.1. The van der Waals surface area contributed by atoms with Crippen LogP contribution in [0, 0.1) is 13.8 Å². The first-order chi connectivity index (χ1) is 7.86. The van der Waals surface area contributed by atoms with Crippen molar-refractivity contribution in [3.63, 3.8) is 0 Å². The number of halogens is 2. The predicted octanol–water partition coefficient (Wildman–Crippen LogP) is 2.96. The molecule has 18 heavy (non-hydrogen) atoms. The molecule has 102 valence electrons. The van der Waals surface area contributed by atoms with Crippen molar-refractivity contribution < 1.29 is 31.0 Å². The van der Waals surface area contributed by atoms with Crippen LogP contribution in [0.4, 0.5) is 5.82 Å². The molecule has 0 amide bonds. The van der Waals surface area contributed by atoms with Gasteiger partial charge in [-0.2, -0.15) is 0 Å². The van der Waals surface area contributed by atoms with E-state index in [1.807, 2.05) is 0 Å². The third-order valence-corrected chi connectivity index (χ3v) is 2.33. The van der Waals surface area contributed by atoms with Gasteiger partial charge in [0.15, 0.2) is 0 Å². The van der Waals surface area contributed by atoms with Gasteiger partial charge in [0.1, 0.15) is 6.04 Å². The SMILES string of the molecule is Cc1nc([NH-])c(=O)n(C(C)C(=O)O)c1C.II.[W]. The average Bonchev–Trinajstić information content (AvgIpc) is 2.29. The van der Waals surface area contributed by atoms with Crippen LogP contribution in [0.3, 0.4) is 0 Å². The fraction of sp³-hybridized carbons (Fsp3) is 0.444. The monoisotopic (exact) mass is 648 g/mol. The summed E-state index contributed by atoms with van der Waals surface area (Å²) in [6.07, 6.45) is 0. The molecule has 0 spiro atoms. The van der Waals surface area contributed by atoms with Crippen molar-refractivity contribution in [3.05, 3.63) is 27.5 Å². The number of aromatic nitrogens is 2. The summed E-state index contributed by atoms with van der Waals surface area (Å²) in [5.41, 5.74) is 7.59. The van der Waals surface area contributed by atoms with E-state index in [1.165, 1.54) is 6.92 Å². The van der Waals surface area contributed by atoms with Crippen LogP contribution >= 0.6 is 37.2 Å². The van der Waals surface area contributed by atoms with Crippen LogP contribution in [0.1, 0.15) is 24.4 Å². The van der Waals surface area contributed by atoms with Crippen molar-refractivity contribution >= 4 is 49.0 Å². The van der Waals surface area contributed by atoms with Crippen molar-refractivity contribution in [1.29, 1.82) is 0 Å². The number of nitrogens with one attached hydrogen (secondary N) is 1. The Bertz CT molecular complexity index is 479. The molecule has 0 radical (unpaired) electrons. The summed E-state index contributed by atoms with van der Waals surface area (Å²) in [5.74, 6) is -1.53. The molecule has 2 N–H and O–H groups in total. The second kappa shape index (κ2) is 9.24. The maximum absolute atomic E-state index is 11.5. The van der Waals surface area contributed by atoms with Crippen molar-refractivity contribution in [3.8, 4) is 0 Å². The molecule has 9 heteroatoms. The quantitative estimate of drug-likeness (QED) is 0.500. The second-order valence-corrected chi connectivity index (χ2v) is 3.32. The normalized spacial score (nSPS) is 10.7. The fourth-order valence-corrected chi connectivity index (χ4v) is 1.31. The summed E-state index contributed by atoms with van der Waals surface area (Å²) in [4.78, 5) is 26.0. The largest absolute Gasteiger partial charge is 0.480 e. The van der Waals surface area contributed by atoms with E-state index in [9.17, 15) is 9.59 Å². The van der Waals surface area contributed by atoms with Gasteiger partial charge in [0, 0.05) is 69.8 Å². The van der Waals surface area contributed by atoms with E-state index in [0.717, 1.165) is 4.57 Å². The Kier molecular flexibility index (Phi) is 10.6. The molecule has 0 fully saturated rings. The maximum Gasteiger partial charge on any atom is 0.326 e. The smallest absolute Gasteiger partial charge is 0.326 e. The van der Waals surface area contributed by atoms with E-state index < -0.39 is 23.4 Å². The molecular formula is C9H12I2N3O3W-. The summed E-state index contributed by atoms with van der Waals surface area (Å²) in [6, 6.07) is -0.983. The Morgan fingerprint density at radius 3 is 2.28 bits per heavy atom. The summed E-state index contributed by atoms with van der Waals surface area (Å²) in [5, 5.41) is 8.82. The number of aryl methyl sites for hydroxylation is 1. The minimum atomic E-state index is -1.11. The van der Waals surface area contributed by atoms with Crippen molar-refractivity contribution in [2.75, 3.05) is 0 Å². The second-order valence-electron chi connectivity index (χ2n) is 3.32. The first-order valence-corrected chi connectivity index (χ1v) is 10.8. The topological polar surface area (TPSA) is 96.0 Å².